The molecule has 0 aliphatic carbocycles. The number of ether oxygens (including phenoxy) is 1. The lowest BCUT2D eigenvalue weighted by Crippen LogP contribution is -2.25. The van der Waals surface area contributed by atoms with Crippen LogP contribution in [0.3, 0.4) is 0 Å². The van der Waals surface area contributed by atoms with E-state index in [9.17, 15) is 5.11 Å². The molecule has 1 fully saturated rings. The average Bonchev–Trinajstić information content (AvgIpc) is 2.77. The Balaban J connectivity index is 2.23. The molecule has 3 nitrogen and oxygen atoms in total. The van der Waals surface area contributed by atoms with Crippen LogP contribution in [0.25, 0.3) is 10.8 Å². The molecule has 1 aliphatic heterocycles. The first-order chi connectivity index (χ1) is 7.80. The van der Waals surface area contributed by atoms with Gasteiger partial charge in [-0.15, -0.1) is 0 Å². The van der Waals surface area contributed by atoms with Gasteiger partial charge in [0.05, 0.1) is 6.61 Å². The minimum atomic E-state index is -0.832. The van der Waals surface area contributed by atoms with Gasteiger partial charge in [0.15, 0.2) is 0 Å². The summed E-state index contributed by atoms with van der Waals surface area (Å²) >= 11 is 0. The Morgan fingerprint density at radius 2 is 2.25 bits per heavy atom. The van der Waals surface area contributed by atoms with Crippen molar-refractivity contribution in [2.75, 3.05) is 13.2 Å². The summed E-state index contributed by atoms with van der Waals surface area (Å²) < 4.78 is 5.30. The topological polar surface area (TPSA) is 42.4 Å². The van der Waals surface area contributed by atoms with Crippen molar-refractivity contribution in [3.8, 4) is 0 Å². The van der Waals surface area contributed by atoms with Gasteiger partial charge in [0, 0.05) is 30.8 Å². The highest BCUT2D eigenvalue weighted by atomic mass is 16.5. The summed E-state index contributed by atoms with van der Waals surface area (Å²) in [7, 11) is 0. The number of aromatic nitrogens is 1. The third-order valence-corrected chi connectivity index (χ3v) is 3.18. The van der Waals surface area contributed by atoms with E-state index in [0.29, 0.717) is 19.6 Å². The second-order valence-corrected chi connectivity index (χ2v) is 4.24. The fraction of sp³-hybridized carbons (Fsp3) is 0.308. The minimum Gasteiger partial charge on any atom is -0.383 e. The second-order valence-electron chi connectivity index (χ2n) is 4.24. The zero-order valence-corrected chi connectivity index (χ0v) is 8.89. The number of aliphatic hydroxyl groups is 1. The molecule has 2 heterocycles. The van der Waals surface area contributed by atoms with Crippen molar-refractivity contribution in [3.05, 3.63) is 42.2 Å². The van der Waals surface area contributed by atoms with Crippen LogP contribution in [0, 0.1) is 0 Å². The standard InChI is InChI=1S/C13H13NO2/c15-13(5-7-16-9-13)12-3-1-2-10-8-14-6-4-11(10)12/h1-4,6,8,15H,5,7,9H2. The van der Waals surface area contributed by atoms with Crippen LogP contribution in [0.5, 0.6) is 0 Å². The molecule has 2 aromatic rings. The van der Waals surface area contributed by atoms with Crippen LogP contribution in [-0.2, 0) is 10.3 Å². The Kier molecular flexibility index (Phi) is 2.16. The Bertz CT molecular complexity index is 513. The van der Waals surface area contributed by atoms with Gasteiger partial charge < -0.3 is 9.84 Å². The van der Waals surface area contributed by atoms with E-state index < -0.39 is 5.60 Å². The van der Waals surface area contributed by atoms with E-state index in [2.05, 4.69) is 4.98 Å². The number of hydrogen-bond donors (Lipinski definition) is 1. The lowest BCUT2D eigenvalue weighted by atomic mass is 9.89. The second kappa shape index (κ2) is 3.54. The number of hydrogen-bond acceptors (Lipinski definition) is 3. The van der Waals surface area contributed by atoms with Crippen LogP contribution < -0.4 is 0 Å². The minimum absolute atomic E-state index is 0.383. The summed E-state index contributed by atoms with van der Waals surface area (Å²) in [5.74, 6) is 0. The lowest BCUT2D eigenvalue weighted by Gasteiger charge is -2.22. The van der Waals surface area contributed by atoms with E-state index in [1.807, 2.05) is 30.5 Å². The summed E-state index contributed by atoms with van der Waals surface area (Å²) in [4.78, 5) is 4.09. The SMILES string of the molecule is OC1(c2cccc3cnccc23)CCOC1. The molecule has 0 spiro atoms. The van der Waals surface area contributed by atoms with Crippen molar-refractivity contribution in [2.45, 2.75) is 12.0 Å². The third-order valence-electron chi connectivity index (χ3n) is 3.18. The molecule has 82 valence electrons. The molecule has 1 aromatic carbocycles. The number of pyridine rings is 1. The van der Waals surface area contributed by atoms with Gasteiger partial charge in [0.25, 0.3) is 0 Å². The zero-order valence-electron chi connectivity index (χ0n) is 8.89. The van der Waals surface area contributed by atoms with E-state index in [0.717, 1.165) is 16.3 Å². The molecule has 0 saturated carbocycles. The van der Waals surface area contributed by atoms with Crippen molar-refractivity contribution in [2.24, 2.45) is 0 Å². The van der Waals surface area contributed by atoms with E-state index in [-0.39, 0.29) is 0 Å². The van der Waals surface area contributed by atoms with Crippen molar-refractivity contribution in [3.63, 3.8) is 0 Å². The van der Waals surface area contributed by atoms with Crippen LogP contribution >= 0.6 is 0 Å². The fourth-order valence-electron chi connectivity index (χ4n) is 2.29. The summed E-state index contributed by atoms with van der Waals surface area (Å²) in [5.41, 5.74) is 0.117. The van der Waals surface area contributed by atoms with Crippen LogP contribution in [0.1, 0.15) is 12.0 Å². The van der Waals surface area contributed by atoms with Gasteiger partial charge in [0.2, 0.25) is 0 Å². The molecular formula is C13H13NO2. The highest BCUT2D eigenvalue weighted by Gasteiger charge is 2.35. The Hall–Kier alpha value is -1.45. The maximum absolute atomic E-state index is 10.5. The van der Waals surface area contributed by atoms with Crippen molar-refractivity contribution >= 4 is 10.8 Å². The highest BCUT2D eigenvalue weighted by Crippen LogP contribution is 2.34. The Labute approximate surface area is 93.7 Å². The van der Waals surface area contributed by atoms with Gasteiger partial charge in [-0.25, -0.2) is 0 Å². The summed E-state index contributed by atoms with van der Waals surface area (Å²) in [6.45, 7) is 1.01. The Morgan fingerprint density at radius 1 is 1.31 bits per heavy atom. The van der Waals surface area contributed by atoms with E-state index >= 15 is 0 Å². The summed E-state index contributed by atoms with van der Waals surface area (Å²) in [6, 6.07) is 7.87. The first kappa shape index (κ1) is 9.75. The van der Waals surface area contributed by atoms with Crippen LogP contribution in [0.15, 0.2) is 36.7 Å². The molecule has 0 bridgehead atoms. The van der Waals surface area contributed by atoms with Crippen LogP contribution in [0.2, 0.25) is 0 Å². The lowest BCUT2D eigenvalue weighted by molar-refractivity contribution is 0.0245. The first-order valence-corrected chi connectivity index (χ1v) is 5.43. The van der Waals surface area contributed by atoms with Gasteiger partial charge in [-0.1, -0.05) is 18.2 Å². The van der Waals surface area contributed by atoms with Crippen molar-refractivity contribution < 1.29 is 9.84 Å². The highest BCUT2D eigenvalue weighted by molar-refractivity contribution is 5.85. The summed E-state index contributed by atoms with van der Waals surface area (Å²) in [5, 5.41) is 12.6. The van der Waals surface area contributed by atoms with Crippen molar-refractivity contribution in [1.29, 1.82) is 0 Å². The van der Waals surface area contributed by atoms with E-state index in [4.69, 9.17) is 4.74 Å². The molecule has 3 heteroatoms. The van der Waals surface area contributed by atoms with E-state index in [1.165, 1.54) is 0 Å². The molecule has 1 aliphatic rings. The number of rotatable bonds is 1. The van der Waals surface area contributed by atoms with Crippen LogP contribution in [0.4, 0.5) is 0 Å². The van der Waals surface area contributed by atoms with Gasteiger partial charge in [0.1, 0.15) is 5.60 Å². The predicted octanol–water partition coefficient (Wildman–Crippen LogP) is 1.84. The molecule has 1 unspecified atom stereocenters. The quantitative estimate of drug-likeness (QED) is 0.789. The Morgan fingerprint density at radius 3 is 3.06 bits per heavy atom. The molecule has 1 aromatic heterocycles. The average molecular weight is 215 g/mol. The molecule has 16 heavy (non-hydrogen) atoms. The molecule has 0 amide bonds. The van der Waals surface area contributed by atoms with Gasteiger partial charge in [-0.05, 0) is 17.0 Å². The van der Waals surface area contributed by atoms with Crippen LogP contribution in [-0.4, -0.2) is 23.3 Å². The molecule has 1 saturated heterocycles. The molecule has 0 radical (unpaired) electrons. The fourth-order valence-corrected chi connectivity index (χ4v) is 2.29. The number of fused-ring (bicyclic) bond motifs is 1. The smallest absolute Gasteiger partial charge is 0.116 e. The molecular weight excluding hydrogens is 202 g/mol. The largest absolute Gasteiger partial charge is 0.383 e. The van der Waals surface area contributed by atoms with Gasteiger partial charge in [-0.3, -0.25) is 4.98 Å². The third kappa shape index (κ3) is 1.40. The van der Waals surface area contributed by atoms with Gasteiger partial charge >= 0.3 is 0 Å². The zero-order chi connectivity index (χ0) is 11.0. The number of nitrogens with zero attached hydrogens (tertiary/aromatic N) is 1. The normalized spacial score (nSPS) is 25.1. The molecule has 3 rings (SSSR count). The predicted molar refractivity (Wildman–Crippen MR) is 61.1 cm³/mol. The van der Waals surface area contributed by atoms with Crippen molar-refractivity contribution in [1.82, 2.24) is 4.98 Å². The first-order valence-electron chi connectivity index (χ1n) is 5.43. The summed E-state index contributed by atoms with van der Waals surface area (Å²) in [6.07, 6.45) is 4.23. The maximum atomic E-state index is 10.5. The monoisotopic (exact) mass is 215 g/mol. The van der Waals surface area contributed by atoms with E-state index in [1.54, 1.807) is 6.20 Å². The maximum Gasteiger partial charge on any atom is 0.116 e. The molecule has 1 atom stereocenters. The van der Waals surface area contributed by atoms with Gasteiger partial charge in [-0.2, -0.15) is 0 Å². The molecule has 1 N–H and O–H groups in total. The number of benzene rings is 1.